The molecule has 0 radical (unpaired) electrons. The molecule has 0 N–H and O–H groups in total. The number of hydrogen-bond donors (Lipinski definition) is 0. The SMILES string of the molecule is C=CCCc1ccc(-c2ccc(-c3ccc(C4=CCC(C)CC4)c(F)c3)cc2)c(F)c1F. The highest BCUT2D eigenvalue weighted by molar-refractivity contribution is 5.74. The van der Waals surface area contributed by atoms with Crippen molar-refractivity contribution >= 4 is 5.57 Å². The van der Waals surface area contributed by atoms with Gasteiger partial charge in [0.05, 0.1) is 0 Å². The summed E-state index contributed by atoms with van der Waals surface area (Å²) in [6, 6.07) is 15.7. The predicted molar refractivity (Wildman–Crippen MR) is 127 cm³/mol. The van der Waals surface area contributed by atoms with E-state index in [1.165, 1.54) is 0 Å². The molecule has 4 rings (SSSR count). The topological polar surface area (TPSA) is 0 Å². The number of benzene rings is 3. The highest BCUT2D eigenvalue weighted by Crippen LogP contribution is 2.34. The van der Waals surface area contributed by atoms with Gasteiger partial charge in [-0.15, -0.1) is 6.58 Å². The molecule has 0 spiro atoms. The summed E-state index contributed by atoms with van der Waals surface area (Å²) in [5.41, 5.74) is 4.49. The van der Waals surface area contributed by atoms with Crippen molar-refractivity contribution in [1.82, 2.24) is 0 Å². The van der Waals surface area contributed by atoms with Gasteiger partial charge in [-0.1, -0.05) is 67.6 Å². The van der Waals surface area contributed by atoms with E-state index in [1.54, 1.807) is 36.4 Å². The van der Waals surface area contributed by atoms with E-state index < -0.39 is 11.6 Å². The summed E-state index contributed by atoms with van der Waals surface area (Å²) >= 11 is 0. The van der Waals surface area contributed by atoms with Gasteiger partial charge in [-0.05, 0) is 71.9 Å². The van der Waals surface area contributed by atoms with Crippen molar-refractivity contribution in [2.24, 2.45) is 5.92 Å². The summed E-state index contributed by atoms with van der Waals surface area (Å²) in [6.07, 6.45) is 7.83. The third kappa shape index (κ3) is 4.57. The molecule has 0 aliphatic heterocycles. The van der Waals surface area contributed by atoms with Gasteiger partial charge in [0, 0.05) is 11.1 Å². The molecule has 3 heteroatoms. The minimum absolute atomic E-state index is 0.219. The fourth-order valence-corrected chi connectivity index (χ4v) is 4.27. The first-order chi connectivity index (χ1) is 15.5. The lowest BCUT2D eigenvalue weighted by Gasteiger charge is -2.19. The maximum Gasteiger partial charge on any atom is 0.166 e. The summed E-state index contributed by atoms with van der Waals surface area (Å²) in [6.45, 7) is 5.84. The molecular formula is C29H27F3. The van der Waals surface area contributed by atoms with Crippen LogP contribution in [0.3, 0.4) is 0 Å². The van der Waals surface area contributed by atoms with E-state index in [-0.39, 0.29) is 11.4 Å². The highest BCUT2D eigenvalue weighted by atomic mass is 19.2. The normalized spacial score (nSPS) is 16.0. The molecule has 1 unspecified atom stereocenters. The average molecular weight is 433 g/mol. The lowest BCUT2D eigenvalue weighted by molar-refractivity contribution is 0.501. The largest absolute Gasteiger partial charge is 0.206 e. The van der Waals surface area contributed by atoms with Crippen LogP contribution in [0.15, 0.2) is 73.3 Å². The van der Waals surface area contributed by atoms with Crippen molar-refractivity contribution in [3.63, 3.8) is 0 Å². The van der Waals surface area contributed by atoms with Crippen molar-refractivity contribution < 1.29 is 13.2 Å². The van der Waals surface area contributed by atoms with Crippen molar-refractivity contribution in [1.29, 1.82) is 0 Å². The van der Waals surface area contributed by atoms with Crippen LogP contribution in [0.2, 0.25) is 0 Å². The molecule has 0 amide bonds. The second-order valence-corrected chi connectivity index (χ2v) is 8.61. The van der Waals surface area contributed by atoms with Gasteiger partial charge in [0.25, 0.3) is 0 Å². The summed E-state index contributed by atoms with van der Waals surface area (Å²) in [5, 5.41) is 0. The third-order valence-corrected chi connectivity index (χ3v) is 6.30. The first kappa shape index (κ1) is 22.1. The zero-order valence-electron chi connectivity index (χ0n) is 18.3. The van der Waals surface area contributed by atoms with E-state index in [9.17, 15) is 13.2 Å². The Hall–Kier alpha value is -3.07. The second kappa shape index (κ2) is 9.60. The van der Waals surface area contributed by atoms with Crippen LogP contribution in [0, 0.1) is 23.4 Å². The van der Waals surface area contributed by atoms with E-state index in [4.69, 9.17) is 0 Å². The Morgan fingerprint density at radius 1 is 0.875 bits per heavy atom. The van der Waals surface area contributed by atoms with Crippen LogP contribution in [0.4, 0.5) is 13.2 Å². The molecule has 0 bridgehead atoms. The summed E-state index contributed by atoms with van der Waals surface area (Å²) in [7, 11) is 0. The Kier molecular flexibility index (Phi) is 6.64. The monoisotopic (exact) mass is 432 g/mol. The van der Waals surface area contributed by atoms with Crippen LogP contribution in [-0.4, -0.2) is 0 Å². The molecule has 0 saturated carbocycles. The average Bonchev–Trinajstić information content (AvgIpc) is 2.81. The Morgan fingerprint density at radius 3 is 2.22 bits per heavy atom. The lowest BCUT2D eigenvalue weighted by atomic mass is 9.87. The zero-order chi connectivity index (χ0) is 22.7. The van der Waals surface area contributed by atoms with E-state index in [0.717, 1.165) is 36.0 Å². The van der Waals surface area contributed by atoms with Crippen molar-refractivity contribution in [3.05, 3.63) is 102 Å². The Morgan fingerprint density at radius 2 is 1.56 bits per heavy atom. The van der Waals surface area contributed by atoms with Crippen molar-refractivity contribution in [3.8, 4) is 22.3 Å². The van der Waals surface area contributed by atoms with Crippen LogP contribution in [0.1, 0.15) is 43.7 Å². The Labute approximate surface area is 188 Å². The summed E-state index contributed by atoms with van der Waals surface area (Å²) < 4.78 is 43.9. The van der Waals surface area contributed by atoms with Gasteiger partial charge in [-0.25, -0.2) is 13.2 Å². The molecule has 0 saturated heterocycles. The van der Waals surface area contributed by atoms with Gasteiger partial charge >= 0.3 is 0 Å². The van der Waals surface area contributed by atoms with Crippen molar-refractivity contribution in [2.75, 3.05) is 0 Å². The number of hydrogen-bond acceptors (Lipinski definition) is 0. The molecule has 1 atom stereocenters. The predicted octanol–water partition coefficient (Wildman–Crippen LogP) is 8.76. The van der Waals surface area contributed by atoms with E-state index >= 15 is 0 Å². The van der Waals surface area contributed by atoms with Crippen LogP contribution >= 0.6 is 0 Å². The molecule has 3 aromatic carbocycles. The molecule has 3 aromatic rings. The third-order valence-electron chi connectivity index (χ3n) is 6.30. The second-order valence-electron chi connectivity index (χ2n) is 8.61. The van der Waals surface area contributed by atoms with Crippen LogP contribution in [0.5, 0.6) is 0 Å². The van der Waals surface area contributed by atoms with Gasteiger partial charge in [0.1, 0.15) is 5.82 Å². The minimum Gasteiger partial charge on any atom is -0.206 e. The van der Waals surface area contributed by atoms with Gasteiger partial charge in [0.15, 0.2) is 11.6 Å². The van der Waals surface area contributed by atoms with Crippen LogP contribution in [0.25, 0.3) is 27.8 Å². The number of aryl methyl sites for hydroxylation is 1. The minimum atomic E-state index is -0.843. The molecule has 164 valence electrons. The Bertz CT molecular complexity index is 1160. The molecule has 0 nitrogen and oxygen atoms in total. The van der Waals surface area contributed by atoms with Gasteiger partial charge in [-0.2, -0.15) is 0 Å². The standard InChI is InChI=1S/C29H27F3/c1-3-4-5-23-14-17-26(29(32)28(23)31)22-12-10-20(11-13-22)24-15-16-25(27(30)18-24)21-8-6-19(2)7-9-21/h3,8,10-19H,1,4-7,9H2,2H3. The van der Waals surface area contributed by atoms with E-state index in [2.05, 4.69) is 19.6 Å². The smallest absolute Gasteiger partial charge is 0.166 e. The molecule has 1 aliphatic rings. The van der Waals surface area contributed by atoms with Crippen LogP contribution in [-0.2, 0) is 6.42 Å². The fourth-order valence-electron chi connectivity index (χ4n) is 4.27. The lowest BCUT2D eigenvalue weighted by Crippen LogP contribution is -2.02. The van der Waals surface area contributed by atoms with Gasteiger partial charge in [-0.3, -0.25) is 0 Å². The van der Waals surface area contributed by atoms with Crippen LogP contribution < -0.4 is 0 Å². The van der Waals surface area contributed by atoms with Gasteiger partial charge < -0.3 is 0 Å². The maximum atomic E-state index is 14.8. The number of halogens is 3. The first-order valence-corrected chi connectivity index (χ1v) is 11.2. The number of rotatable bonds is 6. The van der Waals surface area contributed by atoms with E-state index in [0.29, 0.717) is 35.4 Å². The van der Waals surface area contributed by atoms with Gasteiger partial charge in [0.2, 0.25) is 0 Å². The fraction of sp³-hybridized carbons (Fsp3) is 0.241. The first-order valence-electron chi connectivity index (χ1n) is 11.2. The summed E-state index contributed by atoms with van der Waals surface area (Å²) in [5.74, 6) is -1.22. The highest BCUT2D eigenvalue weighted by Gasteiger charge is 2.16. The molecule has 32 heavy (non-hydrogen) atoms. The maximum absolute atomic E-state index is 14.8. The molecule has 1 aliphatic carbocycles. The quantitative estimate of drug-likeness (QED) is 0.342. The molecule has 0 aromatic heterocycles. The molecular weight excluding hydrogens is 405 g/mol. The molecule has 0 heterocycles. The summed E-state index contributed by atoms with van der Waals surface area (Å²) in [4.78, 5) is 0. The molecule has 0 fully saturated rings. The van der Waals surface area contributed by atoms with Crippen molar-refractivity contribution in [2.45, 2.75) is 39.0 Å². The number of allylic oxidation sites excluding steroid dienone is 3. The van der Waals surface area contributed by atoms with E-state index in [1.807, 2.05) is 24.3 Å². The zero-order valence-corrected chi connectivity index (χ0v) is 18.3. The Balaban J connectivity index is 1.57.